The van der Waals surface area contributed by atoms with Crippen molar-refractivity contribution in [2.75, 3.05) is 5.73 Å². The van der Waals surface area contributed by atoms with E-state index < -0.39 is 0 Å². The molecule has 0 spiro atoms. The molecule has 1 aliphatic rings. The molecule has 1 amide bonds. The smallest absolute Gasteiger partial charge is 0.407 e. The molecule has 0 saturated carbocycles. The van der Waals surface area contributed by atoms with E-state index in [2.05, 4.69) is 10.3 Å². The van der Waals surface area contributed by atoms with Crippen LogP contribution in [0.5, 0.6) is 0 Å². The zero-order chi connectivity index (χ0) is 14.3. The SMILES string of the molecule is CC(C)OC(=O)N[C@@H]1Cc2[nH]c3ccc(N)cc3c2C1. The third-order valence-electron chi connectivity index (χ3n) is 3.58. The van der Waals surface area contributed by atoms with Crippen LogP contribution in [0, 0.1) is 0 Å². The summed E-state index contributed by atoms with van der Waals surface area (Å²) >= 11 is 0. The number of hydrogen-bond donors (Lipinski definition) is 3. The zero-order valence-corrected chi connectivity index (χ0v) is 11.7. The summed E-state index contributed by atoms with van der Waals surface area (Å²) in [6.45, 7) is 3.68. The highest BCUT2D eigenvalue weighted by atomic mass is 16.6. The first-order valence-corrected chi connectivity index (χ1v) is 6.89. The number of rotatable bonds is 2. The number of fused-ring (bicyclic) bond motifs is 3. The third-order valence-corrected chi connectivity index (χ3v) is 3.58. The number of aromatic nitrogens is 1. The lowest BCUT2D eigenvalue weighted by Gasteiger charge is -2.14. The van der Waals surface area contributed by atoms with Crippen molar-refractivity contribution in [2.45, 2.75) is 38.8 Å². The summed E-state index contributed by atoms with van der Waals surface area (Å²) in [5.41, 5.74) is 10.1. The van der Waals surface area contributed by atoms with E-state index in [9.17, 15) is 4.79 Å². The van der Waals surface area contributed by atoms with Crippen LogP contribution in [0.15, 0.2) is 18.2 Å². The minimum absolute atomic E-state index is 0.0910. The largest absolute Gasteiger partial charge is 0.447 e. The van der Waals surface area contributed by atoms with Gasteiger partial charge in [-0.3, -0.25) is 0 Å². The summed E-state index contributed by atoms with van der Waals surface area (Å²) in [4.78, 5) is 15.0. The first kappa shape index (κ1) is 12.8. The van der Waals surface area contributed by atoms with E-state index in [-0.39, 0.29) is 18.2 Å². The maximum atomic E-state index is 11.6. The van der Waals surface area contributed by atoms with Crippen molar-refractivity contribution in [1.82, 2.24) is 10.3 Å². The number of amides is 1. The van der Waals surface area contributed by atoms with Crippen molar-refractivity contribution in [3.63, 3.8) is 0 Å². The van der Waals surface area contributed by atoms with Crippen molar-refractivity contribution in [1.29, 1.82) is 0 Å². The third kappa shape index (κ3) is 2.31. The Morgan fingerprint density at radius 1 is 1.45 bits per heavy atom. The number of hydrogen-bond acceptors (Lipinski definition) is 3. The van der Waals surface area contributed by atoms with E-state index in [4.69, 9.17) is 10.5 Å². The van der Waals surface area contributed by atoms with Crippen LogP contribution in [0.2, 0.25) is 0 Å². The number of carbonyl (C=O) groups is 1. The quantitative estimate of drug-likeness (QED) is 0.735. The minimum Gasteiger partial charge on any atom is -0.447 e. The summed E-state index contributed by atoms with van der Waals surface area (Å²) in [6, 6.07) is 5.97. The fraction of sp³-hybridized carbons (Fsp3) is 0.400. The number of aromatic amines is 1. The molecule has 0 fully saturated rings. The maximum Gasteiger partial charge on any atom is 0.407 e. The molecule has 0 bridgehead atoms. The number of carbonyl (C=O) groups excluding carboxylic acids is 1. The molecule has 20 heavy (non-hydrogen) atoms. The fourth-order valence-electron chi connectivity index (χ4n) is 2.81. The lowest BCUT2D eigenvalue weighted by Crippen LogP contribution is -2.37. The van der Waals surface area contributed by atoms with Crippen molar-refractivity contribution in [2.24, 2.45) is 0 Å². The van der Waals surface area contributed by atoms with Gasteiger partial charge in [0.2, 0.25) is 0 Å². The standard InChI is InChI=1S/C15H19N3O2/c1-8(2)20-15(19)17-10-6-12-11-5-9(16)3-4-13(11)18-14(12)7-10/h3-5,8,10,18H,6-7,16H2,1-2H3,(H,17,19)/t10-/m0/s1. The highest BCUT2D eigenvalue weighted by molar-refractivity contribution is 5.88. The summed E-state index contributed by atoms with van der Waals surface area (Å²) < 4.78 is 5.11. The van der Waals surface area contributed by atoms with Gasteiger partial charge in [-0.25, -0.2) is 4.79 Å². The average Bonchev–Trinajstić information content (AvgIpc) is 2.85. The second-order valence-corrected chi connectivity index (χ2v) is 5.59. The maximum absolute atomic E-state index is 11.6. The predicted molar refractivity (Wildman–Crippen MR) is 78.7 cm³/mol. The molecule has 0 saturated heterocycles. The van der Waals surface area contributed by atoms with Crippen LogP contribution in [0.25, 0.3) is 10.9 Å². The first-order chi connectivity index (χ1) is 9.52. The summed E-state index contributed by atoms with van der Waals surface area (Å²) in [5.74, 6) is 0. The molecular weight excluding hydrogens is 254 g/mol. The average molecular weight is 273 g/mol. The normalized spacial score (nSPS) is 17.4. The number of nitrogen functional groups attached to an aromatic ring is 1. The zero-order valence-electron chi connectivity index (χ0n) is 11.7. The molecule has 0 aliphatic heterocycles. The molecule has 1 aromatic heterocycles. The van der Waals surface area contributed by atoms with Crippen LogP contribution in [-0.2, 0) is 17.6 Å². The van der Waals surface area contributed by atoms with E-state index in [1.807, 2.05) is 32.0 Å². The number of nitrogens with two attached hydrogens (primary N) is 1. The van der Waals surface area contributed by atoms with Gasteiger partial charge >= 0.3 is 6.09 Å². The summed E-state index contributed by atoms with van der Waals surface area (Å²) in [5, 5.41) is 4.06. The molecule has 0 radical (unpaired) electrons. The Labute approximate surface area is 117 Å². The van der Waals surface area contributed by atoms with Crippen molar-refractivity contribution in [3.8, 4) is 0 Å². The Morgan fingerprint density at radius 3 is 3.00 bits per heavy atom. The number of anilines is 1. The van der Waals surface area contributed by atoms with Gasteiger partial charge in [0.15, 0.2) is 0 Å². The molecule has 1 heterocycles. The van der Waals surface area contributed by atoms with Crippen LogP contribution in [-0.4, -0.2) is 23.2 Å². The van der Waals surface area contributed by atoms with Crippen LogP contribution in [0.1, 0.15) is 25.1 Å². The van der Waals surface area contributed by atoms with Crippen LogP contribution >= 0.6 is 0 Å². The molecule has 0 unspecified atom stereocenters. The number of ether oxygens (including phenoxy) is 1. The van der Waals surface area contributed by atoms with Gasteiger partial charge in [0, 0.05) is 34.7 Å². The fourth-order valence-corrected chi connectivity index (χ4v) is 2.81. The Balaban J connectivity index is 1.76. The van der Waals surface area contributed by atoms with E-state index in [1.165, 1.54) is 11.3 Å². The van der Waals surface area contributed by atoms with Crippen molar-refractivity contribution < 1.29 is 9.53 Å². The highest BCUT2D eigenvalue weighted by Gasteiger charge is 2.27. The topological polar surface area (TPSA) is 80.1 Å². The van der Waals surface area contributed by atoms with Gasteiger partial charge in [0.25, 0.3) is 0 Å². The Kier molecular flexibility index (Phi) is 3.04. The summed E-state index contributed by atoms with van der Waals surface area (Å²) in [7, 11) is 0. The number of benzene rings is 1. The lowest BCUT2D eigenvalue weighted by atomic mass is 10.1. The number of alkyl carbamates (subject to hydrolysis) is 1. The molecule has 106 valence electrons. The second-order valence-electron chi connectivity index (χ2n) is 5.59. The highest BCUT2D eigenvalue weighted by Crippen LogP contribution is 2.31. The second kappa shape index (κ2) is 4.74. The van der Waals surface area contributed by atoms with E-state index >= 15 is 0 Å². The molecule has 5 nitrogen and oxygen atoms in total. The van der Waals surface area contributed by atoms with Crippen molar-refractivity contribution in [3.05, 3.63) is 29.5 Å². The molecule has 5 heteroatoms. The van der Waals surface area contributed by atoms with Gasteiger partial charge in [0.05, 0.1) is 6.10 Å². The van der Waals surface area contributed by atoms with Gasteiger partial charge < -0.3 is 20.8 Å². The minimum atomic E-state index is -0.348. The monoisotopic (exact) mass is 273 g/mol. The summed E-state index contributed by atoms with van der Waals surface area (Å²) in [6.07, 6.45) is 1.16. The molecule has 1 aromatic carbocycles. The number of H-pyrrole nitrogens is 1. The van der Waals surface area contributed by atoms with Gasteiger partial charge in [-0.1, -0.05) is 0 Å². The van der Waals surface area contributed by atoms with E-state index in [0.29, 0.717) is 0 Å². The molecular formula is C15H19N3O2. The molecule has 1 aliphatic carbocycles. The van der Waals surface area contributed by atoms with Gasteiger partial charge in [-0.05, 0) is 44.0 Å². The predicted octanol–water partition coefficient (Wildman–Crippen LogP) is 2.35. The van der Waals surface area contributed by atoms with E-state index in [0.717, 1.165) is 29.4 Å². The van der Waals surface area contributed by atoms with Gasteiger partial charge in [-0.15, -0.1) is 0 Å². The van der Waals surface area contributed by atoms with Crippen LogP contribution < -0.4 is 11.1 Å². The Morgan fingerprint density at radius 2 is 2.25 bits per heavy atom. The molecule has 3 rings (SSSR count). The first-order valence-electron chi connectivity index (χ1n) is 6.89. The van der Waals surface area contributed by atoms with Crippen LogP contribution in [0.3, 0.4) is 0 Å². The van der Waals surface area contributed by atoms with Crippen molar-refractivity contribution >= 4 is 22.7 Å². The van der Waals surface area contributed by atoms with Gasteiger partial charge in [0.1, 0.15) is 0 Å². The molecule has 1 atom stereocenters. The Hall–Kier alpha value is -2.17. The molecule has 2 aromatic rings. The molecule has 4 N–H and O–H groups in total. The lowest BCUT2D eigenvalue weighted by molar-refractivity contribution is 0.112. The van der Waals surface area contributed by atoms with Gasteiger partial charge in [-0.2, -0.15) is 0 Å². The number of nitrogens with one attached hydrogen (secondary N) is 2. The Bertz CT molecular complexity index is 660. The van der Waals surface area contributed by atoms with Crippen LogP contribution in [0.4, 0.5) is 10.5 Å². The van der Waals surface area contributed by atoms with E-state index in [1.54, 1.807) is 0 Å².